The molecule has 2 rings (SSSR count). The van der Waals surface area contributed by atoms with Crippen molar-refractivity contribution in [2.75, 3.05) is 20.1 Å². The molecule has 0 aromatic carbocycles. The SMILES string of the molecule is CCCc1nnsc1C(=O)N1CCCC1CNC. The molecule has 0 spiro atoms. The fraction of sp³-hybridized carbons (Fsp3) is 0.750. The zero-order valence-corrected chi connectivity index (χ0v) is 11.8. The molecule has 1 aliphatic heterocycles. The third-order valence-electron chi connectivity index (χ3n) is 3.31. The second kappa shape index (κ2) is 6.24. The van der Waals surface area contributed by atoms with E-state index < -0.39 is 0 Å². The summed E-state index contributed by atoms with van der Waals surface area (Å²) in [6.45, 7) is 3.81. The van der Waals surface area contributed by atoms with Gasteiger partial charge in [0.25, 0.3) is 5.91 Å². The van der Waals surface area contributed by atoms with Crippen molar-refractivity contribution in [3.8, 4) is 0 Å². The van der Waals surface area contributed by atoms with E-state index >= 15 is 0 Å². The van der Waals surface area contributed by atoms with Gasteiger partial charge < -0.3 is 10.2 Å². The van der Waals surface area contributed by atoms with Gasteiger partial charge >= 0.3 is 0 Å². The molecule has 1 aliphatic rings. The van der Waals surface area contributed by atoms with Gasteiger partial charge in [0.15, 0.2) is 0 Å². The molecule has 0 bridgehead atoms. The van der Waals surface area contributed by atoms with Crippen LogP contribution in [0, 0.1) is 0 Å². The molecule has 6 heteroatoms. The fourth-order valence-electron chi connectivity index (χ4n) is 2.45. The van der Waals surface area contributed by atoms with Crippen molar-refractivity contribution in [3.05, 3.63) is 10.6 Å². The molecule has 18 heavy (non-hydrogen) atoms. The van der Waals surface area contributed by atoms with E-state index in [0.717, 1.165) is 49.3 Å². The van der Waals surface area contributed by atoms with E-state index in [0.29, 0.717) is 6.04 Å². The van der Waals surface area contributed by atoms with Crippen LogP contribution >= 0.6 is 11.5 Å². The lowest BCUT2D eigenvalue weighted by molar-refractivity contribution is 0.0740. The van der Waals surface area contributed by atoms with Crippen LogP contribution in [0.25, 0.3) is 0 Å². The monoisotopic (exact) mass is 268 g/mol. The second-order valence-electron chi connectivity index (χ2n) is 4.65. The average Bonchev–Trinajstić information content (AvgIpc) is 2.98. The molecule has 1 fully saturated rings. The number of likely N-dealkylation sites (N-methyl/N-ethyl adjacent to an activating group) is 1. The number of likely N-dealkylation sites (tertiary alicyclic amines) is 1. The number of carbonyl (C=O) groups excluding carboxylic acids is 1. The molecule has 1 atom stereocenters. The zero-order chi connectivity index (χ0) is 13.0. The largest absolute Gasteiger partial charge is 0.334 e. The molecular formula is C12H20N4OS. The highest BCUT2D eigenvalue weighted by Crippen LogP contribution is 2.22. The summed E-state index contributed by atoms with van der Waals surface area (Å²) in [5.74, 6) is 0.117. The molecule has 1 aromatic heterocycles. The van der Waals surface area contributed by atoms with Crippen LogP contribution in [0.15, 0.2) is 0 Å². The summed E-state index contributed by atoms with van der Waals surface area (Å²) < 4.78 is 3.93. The highest BCUT2D eigenvalue weighted by Gasteiger charge is 2.31. The normalized spacial score (nSPS) is 19.4. The molecule has 1 unspecified atom stereocenters. The van der Waals surface area contributed by atoms with Gasteiger partial charge in [-0.05, 0) is 37.8 Å². The van der Waals surface area contributed by atoms with Crippen LogP contribution in [0.1, 0.15) is 41.6 Å². The Bertz CT molecular complexity index is 407. The van der Waals surface area contributed by atoms with E-state index in [1.165, 1.54) is 11.5 Å². The molecule has 1 N–H and O–H groups in total. The average molecular weight is 268 g/mol. The number of rotatable bonds is 5. The fourth-order valence-corrected chi connectivity index (χ4v) is 3.12. The van der Waals surface area contributed by atoms with Gasteiger partial charge in [0, 0.05) is 19.1 Å². The molecule has 5 nitrogen and oxygen atoms in total. The van der Waals surface area contributed by atoms with Crippen LogP contribution in [-0.4, -0.2) is 46.6 Å². The van der Waals surface area contributed by atoms with Crippen molar-refractivity contribution >= 4 is 17.4 Å². The minimum atomic E-state index is 0.117. The molecule has 1 aromatic rings. The number of nitrogens with zero attached hydrogens (tertiary/aromatic N) is 3. The summed E-state index contributed by atoms with van der Waals surface area (Å²) in [7, 11) is 1.93. The Morgan fingerprint density at radius 3 is 3.17 bits per heavy atom. The van der Waals surface area contributed by atoms with Gasteiger partial charge in [-0.3, -0.25) is 4.79 Å². The summed E-state index contributed by atoms with van der Waals surface area (Å²) in [5, 5.41) is 7.23. The Labute approximate surface area is 112 Å². The van der Waals surface area contributed by atoms with Crippen LogP contribution < -0.4 is 5.32 Å². The first-order chi connectivity index (χ1) is 8.77. The van der Waals surface area contributed by atoms with E-state index in [2.05, 4.69) is 21.8 Å². The van der Waals surface area contributed by atoms with Crippen molar-refractivity contribution in [2.24, 2.45) is 0 Å². The van der Waals surface area contributed by atoms with E-state index in [-0.39, 0.29) is 5.91 Å². The molecule has 2 heterocycles. The highest BCUT2D eigenvalue weighted by atomic mass is 32.1. The Morgan fingerprint density at radius 2 is 2.44 bits per heavy atom. The standard InChI is InChI=1S/C12H20N4OS/c1-3-5-10-11(18-15-14-10)12(17)16-7-4-6-9(16)8-13-2/h9,13H,3-8H2,1-2H3. The third kappa shape index (κ3) is 2.70. The van der Waals surface area contributed by atoms with Gasteiger partial charge in [-0.15, -0.1) is 5.10 Å². The van der Waals surface area contributed by atoms with Gasteiger partial charge in [-0.1, -0.05) is 17.8 Å². The lowest BCUT2D eigenvalue weighted by atomic mass is 10.2. The van der Waals surface area contributed by atoms with Crippen molar-refractivity contribution in [3.63, 3.8) is 0 Å². The topological polar surface area (TPSA) is 58.1 Å². The lowest BCUT2D eigenvalue weighted by Crippen LogP contribution is -2.40. The van der Waals surface area contributed by atoms with Crippen LogP contribution in [0.3, 0.4) is 0 Å². The van der Waals surface area contributed by atoms with Crippen molar-refractivity contribution in [1.29, 1.82) is 0 Å². The van der Waals surface area contributed by atoms with Crippen LogP contribution in [0.2, 0.25) is 0 Å². The lowest BCUT2D eigenvalue weighted by Gasteiger charge is -2.24. The Balaban J connectivity index is 2.12. The number of hydrogen-bond donors (Lipinski definition) is 1. The summed E-state index contributed by atoms with van der Waals surface area (Å²) in [4.78, 5) is 15.2. The molecule has 0 radical (unpaired) electrons. The van der Waals surface area contributed by atoms with Gasteiger partial charge in [0.05, 0.1) is 5.69 Å². The first kappa shape index (κ1) is 13.4. The molecule has 1 saturated heterocycles. The van der Waals surface area contributed by atoms with Gasteiger partial charge in [-0.25, -0.2) is 0 Å². The van der Waals surface area contributed by atoms with Crippen molar-refractivity contribution in [1.82, 2.24) is 19.8 Å². The molecule has 1 amide bonds. The molecule has 0 saturated carbocycles. The molecule has 100 valence electrons. The molecular weight excluding hydrogens is 248 g/mol. The van der Waals surface area contributed by atoms with Gasteiger partial charge in [0.2, 0.25) is 0 Å². The summed E-state index contributed by atoms with van der Waals surface area (Å²) in [6.07, 6.45) is 4.00. The van der Waals surface area contributed by atoms with Crippen molar-refractivity contribution < 1.29 is 4.79 Å². The van der Waals surface area contributed by atoms with E-state index in [9.17, 15) is 4.79 Å². The summed E-state index contributed by atoms with van der Waals surface area (Å²) >= 11 is 1.23. The second-order valence-corrected chi connectivity index (χ2v) is 5.41. The van der Waals surface area contributed by atoms with Gasteiger partial charge in [0.1, 0.15) is 4.88 Å². The number of aromatic nitrogens is 2. The van der Waals surface area contributed by atoms with Crippen molar-refractivity contribution in [2.45, 2.75) is 38.6 Å². The number of nitrogens with one attached hydrogen (secondary N) is 1. The highest BCUT2D eigenvalue weighted by molar-refractivity contribution is 7.08. The quantitative estimate of drug-likeness (QED) is 0.875. The van der Waals surface area contributed by atoms with Crippen LogP contribution in [0.4, 0.5) is 0 Å². The Morgan fingerprint density at radius 1 is 1.61 bits per heavy atom. The van der Waals surface area contributed by atoms with Crippen LogP contribution in [0.5, 0.6) is 0 Å². The maximum absolute atomic E-state index is 12.5. The number of aryl methyl sites for hydroxylation is 1. The van der Waals surface area contributed by atoms with Crippen LogP contribution in [-0.2, 0) is 6.42 Å². The Kier molecular flexibility index (Phi) is 4.66. The number of hydrogen-bond acceptors (Lipinski definition) is 5. The van der Waals surface area contributed by atoms with E-state index in [1.54, 1.807) is 0 Å². The van der Waals surface area contributed by atoms with Gasteiger partial charge in [-0.2, -0.15) is 0 Å². The predicted molar refractivity (Wildman–Crippen MR) is 71.9 cm³/mol. The maximum Gasteiger partial charge on any atom is 0.267 e. The number of amides is 1. The first-order valence-corrected chi connectivity index (χ1v) is 7.32. The first-order valence-electron chi connectivity index (χ1n) is 6.54. The summed E-state index contributed by atoms with van der Waals surface area (Å²) in [6, 6.07) is 0.319. The van der Waals surface area contributed by atoms with E-state index in [1.807, 2.05) is 11.9 Å². The smallest absolute Gasteiger partial charge is 0.267 e. The maximum atomic E-state index is 12.5. The zero-order valence-electron chi connectivity index (χ0n) is 11.0. The number of carbonyl (C=O) groups is 1. The Hall–Kier alpha value is -1.01. The minimum Gasteiger partial charge on any atom is -0.334 e. The van der Waals surface area contributed by atoms with E-state index in [4.69, 9.17) is 0 Å². The summed E-state index contributed by atoms with van der Waals surface area (Å²) in [5.41, 5.74) is 0.864. The molecule has 0 aliphatic carbocycles. The minimum absolute atomic E-state index is 0.117. The predicted octanol–water partition coefficient (Wildman–Crippen LogP) is 1.31. The third-order valence-corrected chi connectivity index (χ3v) is 4.07.